The molecule has 178 valence electrons. The number of anilines is 1. The minimum atomic E-state index is -0.246. The van der Waals surface area contributed by atoms with E-state index in [-0.39, 0.29) is 6.04 Å². The van der Waals surface area contributed by atoms with Gasteiger partial charge in [-0.25, -0.2) is 0 Å². The fourth-order valence-corrected chi connectivity index (χ4v) is 4.53. The van der Waals surface area contributed by atoms with E-state index in [1.54, 1.807) is 21.3 Å². The van der Waals surface area contributed by atoms with Gasteiger partial charge in [0, 0.05) is 17.7 Å². The Morgan fingerprint density at radius 1 is 0.694 bits per heavy atom. The van der Waals surface area contributed by atoms with Crippen LogP contribution >= 0.6 is 0 Å². The molecule has 0 spiro atoms. The van der Waals surface area contributed by atoms with E-state index in [2.05, 4.69) is 71.3 Å². The molecule has 1 heterocycles. The van der Waals surface area contributed by atoms with Crippen LogP contribution in [0.15, 0.2) is 97.1 Å². The van der Waals surface area contributed by atoms with E-state index >= 15 is 0 Å². The molecule has 36 heavy (non-hydrogen) atoms. The maximum atomic E-state index is 5.70. The molecule has 0 N–H and O–H groups in total. The molecule has 4 nitrogen and oxygen atoms in total. The molecule has 0 fully saturated rings. The monoisotopic (exact) mass is 473 g/mol. The van der Waals surface area contributed by atoms with Gasteiger partial charge in [0.25, 0.3) is 0 Å². The van der Waals surface area contributed by atoms with Crippen LogP contribution in [0.4, 0.5) is 5.69 Å². The molecule has 0 saturated carbocycles. The second kappa shape index (κ2) is 10.3. The third kappa shape index (κ3) is 4.39. The minimum absolute atomic E-state index is 0.246. The molecule has 0 bridgehead atoms. The predicted molar refractivity (Wildman–Crippen MR) is 145 cm³/mol. The van der Waals surface area contributed by atoms with Crippen LogP contribution < -0.4 is 19.1 Å². The van der Waals surface area contributed by atoms with Crippen molar-refractivity contribution in [2.24, 2.45) is 0 Å². The Morgan fingerprint density at radius 2 is 1.31 bits per heavy atom. The lowest BCUT2D eigenvalue weighted by Gasteiger charge is -2.37. The van der Waals surface area contributed by atoms with Gasteiger partial charge >= 0.3 is 0 Å². The maximum Gasteiger partial charge on any atom is 0.203 e. The maximum absolute atomic E-state index is 5.70. The number of ether oxygens (including phenoxy) is 3. The second-order valence-electron chi connectivity index (χ2n) is 8.32. The number of hydrogen-bond acceptors (Lipinski definition) is 4. The minimum Gasteiger partial charge on any atom is -0.493 e. The molecule has 0 saturated heterocycles. The van der Waals surface area contributed by atoms with E-state index in [0.717, 1.165) is 33.6 Å². The van der Waals surface area contributed by atoms with Gasteiger partial charge in [-0.1, -0.05) is 84.6 Å². The van der Waals surface area contributed by atoms with Gasteiger partial charge in [-0.3, -0.25) is 0 Å². The van der Waals surface area contributed by atoms with Gasteiger partial charge in [-0.2, -0.15) is 0 Å². The first-order valence-corrected chi connectivity index (χ1v) is 11.8. The summed E-state index contributed by atoms with van der Waals surface area (Å²) in [7, 11) is 4.88. The fraction of sp³-hybridized carbons (Fsp3) is 0.125. The highest BCUT2D eigenvalue weighted by Gasteiger charge is 2.31. The molecular formula is C32H27NO3. The SMILES string of the molecule is COc1cc(N2C(c3ccccc3)=Cc3ccccc3C2C#Cc2ccccc2)cc(OC)c1OC. The van der Waals surface area contributed by atoms with E-state index in [0.29, 0.717) is 17.2 Å². The highest BCUT2D eigenvalue weighted by Crippen LogP contribution is 2.47. The summed E-state index contributed by atoms with van der Waals surface area (Å²) in [5.41, 5.74) is 6.27. The van der Waals surface area contributed by atoms with Crippen molar-refractivity contribution >= 4 is 17.5 Å². The first-order chi connectivity index (χ1) is 17.7. The van der Waals surface area contributed by atoms with E-state index in [1.807, 2.05) is 48.5 Å². The van der Waals surface area contributed by atoms with Gasteiger partial charge in [-0.15, -0.1) is 0 Å². The predicted octanol–water partition coefficient (Wildman–Crippen LogP) is 6.82. The molecule has 1 aliphatic heterocycles. The highest BCUT2D eigenvalue weighted by molar-refractivity contribution is 5.95. The van der Waals surface area contributed by atoms with E-state index in [1.165, 1.54) is 0 Å². The first kappa shape index (κ1) is 23.1. The number of hydrogen-bond donors (Lipinski definition) is 0. The zero-order valence-electron chi connectivity index (χ0n) is 20.6. The lowest BCUT2D eigenvalue weighted by molar-refractivity contribution is 0.324. The smallest absolute Gasteiger partial charge is 0.203 e. The van der Waals surface area contributed by atoms with Crippen LogP contribution in [0.3, 0.4) is 0 Å². The summed E-state index contributed by atoms with van der Waals surface area (Å²) in [6.45, 7) is 0. The van der Waals surface area contributed by atoms with Gasteiger partial charge in [0.05, 0.1) is 32.7 Å². The largest absolute Gasteiger partial charge is 0.493 e. The van der Waals surface area contributed by atoms with Crippen LogP contribution in [0.2, 0.25) is 0 Å². The molecule has 1 aliphatic rings. The Hall–Kier alpha value is -4.62. The Morgan fingerprint density at radius 3 is 1.94 bits per heavy atom. The van der Waals surface area contributed by atoms with Crippen molar-refractivity contribution in [2.45, 2.75) is 6.04 Å². The number of benzene rings is 4. The van der Waals surface area contributed by atoms with Gasteiger partial charge in [-0.05, 0) is 34.9 Å². The number of methoxy groups -OCH3 is 3. The second-order valence-corrected chi connectivity index (χ2v) is 8.32. The van der Waals surface area contributed by atoms with E-state index in [4.69, 9.17) is 14.2 Å². The number of fused-ring (bicyclic) bond motifs is 1. The summed E-state index contributed by atoms with van der Waals surface area (Å²) in [6, 6.07) is 32.5. The Kier molecular flexibility index (Phi) is 6.64. The third-order valence-electron chi connectivity index (χ3n) is 6.22. The van der Waals surface area contributed by atoms with E-state index < -0.39 is 0 Å². The van der Waals surface area contributed by atoms with Gasteiger partial charge in [0.1, 0.15) is 6.04 Å². The summed E-state index contributed by atoms with van der Waals surface area (Å²) in [5, 5.41) is 0. The van der Waals surface area contributed by atoms with Gasteiger partial charge < -0.3 is 19.1 Å². The molecule has 5 rings (SSSR count). The third-order valence-corrected chi connectivity index (χ3v) is 6.22. The summed E-state index contributed by atoms with van der Waals surface area (Å²) in [4.78, 5) is 2.25. The Labute approximate surface area is 212 Å². The van der Waals surface area contributed by atoms with Crippen molar-refractivity contribution in [3.63, 3.8) is 0 Å². The van der Waals surface area contributed by atoms with Crippen molar-refractivity contribution < 1.29 is 14.2 Å². The topological polar surface area (TPSA) is 30.9 Å². The normalized spacial score (nSPS) is 14.1. The van der Waals surface area contributed by atoms with Crippen molar-refractivity contribution in [1.29, 1.82) is 0 Å². The molecule has 1 unspecified atom stereocenters. The van der Waals surface area contributed by atoms with Crippen LogP contribution in [0, 0.1) is 11.8 Å². The first-order valence-electron chi connectivity index (χ1n) is 11.8. The number of nitrogens with zero attached hydrogens (tertiary/aromatic N) is 1. The molecule has 0 radical (unpaired) electrons. The standard InChI is InChI=1S/C32H27NO3/c1-34-30-21-26(22-31(35-2)32(30)36-3)33-28(19-18-23-12-6-4-7-13-23)27-17-11-10-16-25(27)20-29(33)24-14-8-5-9-15-24/h4-17,20-22,28H,1-3H3. The average molecular weight is 474 g/mol. The Balaban J connectivity index is 1.77. The van der Waals surface area contributed by atoms with Crippen molar-refractivity contribution in [3.05, 3.63) is 119 Å². The van der Waals surface area contributed by atoms with Crippen LogP contribution in [0.5, 0.6) is 17.2 Å². The zero-order valence-corrected chi connectivity index (χ0v) is 20.6. The summed E-state index contributed by atoms with van der Waals surface area (Å²) < 4.78 is 17.0. The van der Waals surface area contributed by atoms with Gasteiger partial charge in [0.2, 0.25) is 5.75 Å². The van der Waals surface area contributed by atoms with Crippen LogP contribution in [-0.4, -0.2) is 21.3 Å². The van der Waals surface area contributed by atoms with Crippen molar-refractivity contribution in [3.8, 4) is 29.1 Å². The molecule has 0 aliphatic carbocycles. The average Bonchev–Trinajstić information content (AvgIpc) is 2.95. The highest BCUT2D eigenvalue weighted by atomic mass is 16.5. The molecule has 1 atom stereocenters. The van der Waals surface area contributed by atoms with Crippen LogP contribution in [-0.2, 0) is 0 Å². The van der Waals surface area contributed by atoms with Gasteiger partial charge in [0.15, 0.2) is 11.5 Å². The molecule has 4 aromatic rings. The molecule has 4 aromatic carbocycles. The lowest BCUT2D eigenvalue weighted by Crippen LogP contribution is -2.29. The molecule has 4 heteroatoms. The van der Waals surface area contributed by atoms with Crippen molar-refractivity contribution in [2.75, 3.05) is 26.2 Å². The zero-order chi connectivity index (χ0) is 24.9. The summed E-state index contributed by atoms with van der Waals surface area (Å²) in [5.74, 6) is 8.70. The lowest BCUT2D eigenvalue weighted by atomic mass is 9.91. The quantitative estimate of drug-likeness (QED) is 0.298. The Bertz CT molecular complexity index is 1420. The fourth-order valence-electron chi connectivity index (χ4n) is 4.53. The summed E-state index contributed by atoms with van der Waals surface area (Å²) in [6.07, 6.45) is 2.22. The van der Waals surface area contributed by atoms with Crippen LogP contribution in [0.25, 0.3) is 11.8 Å². The van der Waals surface area contributed by atoms with Crippen molar-refractivity contribution in [1.82, 2.24) is 0 Å². The van der Waals surface area contributed by atoms with Crippen LogP contribution in [0.1, 0.15) is 28.3 Å². The molecular weight excluding hydrogens is 446 g/mol. The molecule has 0 aromatic heterocycles. The molecule has 0 amide bonds. The van der Waals surface area contributed by atoms with E-state index in [9.17, 15) is 0 Å². The number of rotatable bonds is 5. The summed E-state index contributed by atoms with van der Waals surface area (Å²) >= 11 is 0.